The number of rotatable bonds is 4. The zero-order chi connectivity index (χ0) is 21.8. The van der Waals surface area contributed by atoms with E-state index >= 15 is 0 Å². The van der Waals surface area contributed by atoms with E-state index in [-0.39, 0.29) is 36.1 Å². The van der Waals surface area contributed by atoms with E-state index in [0.29, 0.717) is 27.8 Å². The molecule has 4 N–H and O–H groups in total. The number of carboxylic acids is 1. The lowest BCUT2D eigenvalue weighted by Gasteiger charge is -2.37. The first-order chi connectivity index (χ1) is 14.9. The first-order valence-electron chi connectivity index (χ1n) is 9.54. The summed E-state index contributed by atoms with van der Waals surface area (Å²) in [6, 6.07) is 14.6. The van der Waals surface area contributed by atoms with Gasteiger partial charge in [0.2, 0.25) is 0 Å². The predicted octanol–water partition coefficient (Wildman–Crippen LogP) is 2.84. The number of hydrogen-bond acceptors (Lipinski definition) is 7. The molecule has 0 saturated carbocycles. The van der Waals surface area contributed by atoms with Gasteiger partial charge >= 0.3 is 11.9 Å². The van der Waals surface area contributed by atoms with Gasteiger partial charge in [-0.15, -0.1) is 0 Å². The quantitative estimate of drug-likeness (QED) is 0.476. The molecule has 3 aromatic rings. The summed E-state index contributed by atoms with van der Waals surface area (Å²) in [7, 11) is 0. The summed E-state index contributed by atoms with van der Waals surface area (Å²) in [5, 5.41) is 32.2. The molecule has 1 unspecified atom stereocenters. The van der Waals surface area contributed by atoms with Gasteiger partial charge in [-0.05, 0) is 30.3 Å². The zero-order valence-corrected chi connectivity index (χ0v) is 16.1. The maximum atomic E-state index is 12.8. The molecule has 31 heavy (non-hydrogen) atoms. The normalized spacial score (nSPS) is 18.0. The van der Waals surface area contributed by atoms with Gasteiger partial charge < -0.3 is 30.1 Å². The van der Waals surface area contributed by atoms with E-state index in [1.54, 1.807) is 36.4 Å². The largest absolute Gasteiger partial charge is 0.508 e. The zero-order valence-electron chi connectivity index (χ0n) is 16.1. The molecular weight excluding hydrogens is 402 g/mol. The van der Waals surface area contributed by atoms with Crippen LogP contribution < -0.4 is 10.1 Å². The van der Waals surface area contributed by atoms with Gasteiger partial charge in [0.15, 0.2) is 5.60 Å². The molecular formula is C23H17NO7. The van der Waals surface area contributed by atoms with Crippen molar-refractivity contribution in [3.8, 4) is 23.0 Å². The molecule has 1 spiro atoms. The van der Waals surface area contributed by atoms with Crippen LogP contribution in [-0.2, 0) is 21.7 Å². The maximum Gasteiger partial charge on any atom is 0.340 e. The van der Waals surface area contributed by atoms with Crippen LogP contribution in [0.25, 0.3) is 0 Å². The van der Waals surface area contributed by atoms with Crippen molar-refractivity contribution < 1.29 is 34.4 Å². The van der Waals surface area contributed by atoms with E-state index in [2.05, 4.69) is 5.32 Å². The molecule has 156 valence electrons. The van der Waals surface area contributed by atoms with Gasteiger partial charge in [0.25, 0.3) is 0 Å². The Morgan fingerprint density at radius 2 is 1.77 bits per heavy atom. The van der Waals surface area contributed by atoms with Crippen LogP contribution in [0.1, 0.15) is 32.6 Å². The number of ether oxygens (including phenoxy) is 2. The second kappa shape index (κ2) is 6.75. The van der Waals surface area contributed by atoms with Crippen LogP contribution in [0.2, 0.25) is 0 Å². The molecule has 2 heterocycles. The van der Waals surface area contributed by atoms with Crippen LogP contribution in [-0.4, -0.2) is 33.8 Å². The Hall–Kier alpha value is -4.04. The Kier molecular flexibility index (Phi) is 4.13. The smallest absolute Gasteiger partial charge is 0.340 e. The van der Waals surface area contributed by atoms with E-state index in [4.69, 9.17) is 14.6 Å². The average Bonchev–Trinajstić information content (AvgIpc) is 3.03. The molecule has 0 aromatic heterocycles. The number of hydrogen-bond donors (Lipinski definition) is 4. The average molecular weight is 419 g/mol. The molecule has 0 saturated heterocycles. The lowest BCUT2D eigenvalue weighted by Crippen LogP contribution is -2.33. The van der Waals surface area contributed by atoms with Crippen LogP contribution in [0.5, 0.6) is 23.0 Å². The van der Waals surface area contributed by atoms with E-state index in [1.807, 2.05) is 0 Å². The number of carboxylic acid groups (broad SMARTS) is 1. The van der Waals surface area contributed by atoms with Crippen LogP contribution >= 0.6 is 0 Å². The summed E-state index contributed by atoms with van der Waals surface area (Å²) in [5.74, 6) is -1.19. The topological polar surface area (TPSA) is 125 Å². The number of phenols is 2. The van der Waals surface area contributed by atoms with E-state index in [0.717, 1.165) is 0 Å². The third-order valence-electron chi connectivity index (χ3n) is 5.52. The molecule has 0 bridgehead atoms. The minimum atomic E-state index is -1.33. The fourth-order valence-corrected chi connectivity index (χ4v) is 4.24. The second-order valence-corrected chi connectivity index (χ2v) is 7.34. The lowest BCUT2D eigenvalue weighted by atomic mass is 9.77. The van der Waals surface area contributed by atoms with Crippen LogP contribution in [0.4, 0.5) is 0 Å². The highest BCUT2D eigenvalue weighted by atomic mass is 16.6. The number of esters is 1. The fourth-order valence-electron chi connectivity index (χ4n) is 4.24. The van der Waals surface area contributed by atoms with Crippen molar-refractivity contribution >= 4 is 11.9 Å². The maximum absolute atomic E-state index is 12.8. The summed E-state index contributed by atoms with van der Waals surface area (Å²) in [6.07, 6.45) is 0. The molecule has 0 amide bonds. The number of phenolic OH excluding ortho intramolecular Hbond substituents is 2. The van der Waals surface area contributed by atoms with Crippen molar-refractivity contribution in [2.45, 2.75) is 12.1 Å². The van der Waals surface area contributed by atoms with Crippen molar-refractivity contribution in [3.05, 3.63) is 82.4 Å². The number of aliphatic carboxylic acids is 1. The first kappa shape index (κ1) is 19.0. The molecule has 0 radical (unpaired) electrons. The summed E-state index contributed by atoms with van der Waals surface area (Å²) < 4.78 is 12.1. The highest BCUT2D eigenvalue weighted by Crippen LogP contribution is 2.58. The molecule has 0 aliphatic carbocycles. The van der Waals surface area contributed by atoms with Gasteiger partial charge in [0.1, 0.15) is 23.0 Å². The van der Waals surface area contributed by atoms with Crippen LogP contribution in [0.3, 0.4) is 0 Å². The third-order valence-corrected chi connectivity index (χ3v) is 5.52. The molecule has 8 heteroatoms. The molecule has 1 atom stereocenters. The number of aromatic hydroxyl groups is 2. The Labute approximate surface area is 176 Å². The minimum absolute atomic E-state index is 0.00112. The SMILES string of the molecule is O=C(O)CNCc1c(O)ccc2c1Oc1cc(O)ccc1C21OC(=O)c2ccccc21. The highest BCUT2D eigenvalue weighted by molar-refractivity contribution is 5.97. The van der Waals surface area contributed by atoms with Crippen molar-refractivity contribution in [2.75, 3.05) is 6.54 Å². The molecule has 0 fully saturated rings. The van der Waals surface area contributed by atoms with E-state index < -0.39 is 17.5 Å². The molecule has 3 aromatic carbocycles. The van der Waals surface area contributed by atoms with Crippen LogP contribution in [0.15, 0.2) is 54.6 Å². The monoisotopic (exact) mass is 419 g/mol. The van der Waals surface area contributed by atoms with Gasteiger partial charge in [0.05, 0.1) is 17.7 Å². The van der Waals surface area contributed by atoms with E-state index in [9.17, 15) is 19.8 Å². The van der Waals surface area contributed by atoms with Crippen LogP contribution in [0, 0.1) is 0 Å². The lowest BCUT2D eigenvalue weighted by molar-refractivity contribution is -0.136. The summed E-state index contributed by atoms with van der Waals surface area (Å²) >= 11 is 0. The second-order valence-electron chi connectivity index (χ2n) is 7.34. The van der Waals surface area contributed by atoms with Gasteiger partial charge in [0, 0.05) is 29.3 Å². The van der Waals surface area contributed by atoms with Crippen molar-refractivity contribution in [1.29, 1.82) is 0 Å². The number of nitrogens with one attached hydrogen (secondary N) is 1. The minimum Gasteiger partial charge on any atom is -0.508 e. The third kappa shape index (κ3) is 2.72. The molecule has 5 rings (SSSR count). The number of fused-ring (bicyclic) bond motifs is 6. The van der Waals surface area contributed by atoms with Crippen molar-refractivity contribution in [3.63, 3.8) is 0 Å². The fraction of sp³-hybridized carbons (Fsp3) is 0.130. The summed E-state index contributed by atoms with van der Waals surface area (Å²) in [5.41, 5.74) is 1.03. The Bertz CT molecular complexity index is 1250. The predicted molar refractivity (Wildman–Crippen MR) is 107 cm³/mol. The Morgan fingerprint density at radius 3 is 2.58 bits per heavy atom. The van der Waals surface area contributed by atoms with Gasteiger partial charge in [-0.2, -0.15) is 0 Å². The molecule has 2 aliphatic heterocycles. The van der Waals surface area contributed by atoms with Crippen molar-refractivity contribution in [1.82, 2.24) is 5.32 Å². The van der Waals surface area contributed by atoms with Gasteiger partial charge in [-0.1, -0.05) is 18.2 Å². The number of carbonyl (C=O) groups excluding carboxylic acids is 1. The summed E-state index contributed by atoms with van der Waals surface area (Å²) in [6.45, 7) is -0.315. The highest BCUT2D eigenvalue weighted by Gasteiger charge is 2.54. The summed E-state index contributed by atoms with van der Waals surface area (Å²) in [4.78, 5) is 23.7. The van der Waals surface area contributed by atoms with Gasteiger partial charge in [-0.25, -0.2) is 4.79 Å². The Balaban J connectivity index is 1.77. The first-order valence-corrected chi connectivity index (χ1v) is 9.54. The standard InChI is InChI=1S/C23H17NO7/c25-12-5-6-16-19(9-12)30-21-14(10-24-11-20(27)28)18(26)8-7-17(21)23(16)15-4-2-1-3-13(15)22(29)31-23/h1-9,24-26H,10-11H2,(H,27,28). The van der Waals surface area contributed by atoms with E-state index in [1.165, 1.54) is 18.2 Å². The molecule has 8 nitrogen and oxygen atoms in total. The molecule has 2 aliphatic rings. The Morgan fingerprint density at radius 1 is 1.00 bits per heavy atom. The van der Waals surface area contributed by atoms with Gasteiger partial charge in [-0.3, -0.25) is 4.79 Å². The number of carbonyl (C=O) groups is 2. The number of benzene rings is 3. The van der Waals surface area contributed by atoms with Crippen molar-refractivity contribution in [2.24, 2.45) is 0 Å².